The first-order valence-electron chi connectivity index (χ1n) is 5.68. The Balaban J connectivity index is 0.00000112. The van der Waals surface area contributed by atoms with Gasteiger partial charge in [-0.1, -0.05) is 0 Å². The molecular formula is C12H21Cl2PTi. The number of hydrogen-bond donors (Lipinski definition) is 0. The van der Waals surface area contributed by atoms with Gasteiger partial charge in [0.25, 0.3) is 0 Å². The van der Waals surface area contributed by atoms with E-state index >= 15 is 0 Å². The zero-order valence-corrected chi connectivity index (χ0v) is 13.8. The van der Waals surface area contributed by atoms with E-state index in [4.69, 9.17) is 0 Å². The summed E-state index contributed by atoms with van der Waals surface area (Å²) in [4.78, 5) is 4.48. The summed E-state index contributed by atoms with van der Waals surface area (Å²) in [7, 11) is 0. The van der Waals surface area contributed by atoms with Crippen molar-refractivity contribution >= 4 is 36.2 Å². The van der Waals surface area contributed by atoms with Gasteiger partial charge in [-0.2, -0.15) is 0 Å². The molecule has 92 valence electrons. The Labute approximate surface area is 119 Å². The number of hydrogen-bond acceptors (Lipinski definition) is 0. The van der Waals surface area contributed by atoms with Gasteiger partial charge < -0.3 is 0 Å². The summed E-state index contributed by atoms with van der Waals surface area (Å²) in [5.41, 5.74) is 1.07. The molecule has 0 aromatic rings. The third kappa shape index (κ3) is 5.15. The van der Waals surface area contributed by atoms with E-state index in [1.54, 1.807) is 3.88 Å². The average Bonchev–Trinajstić information content (AvgIpc) is 2.72. The van der Waals surface area contributed by atoms with Gasteiger partial charge in [0.05, 0.1) is 0 Å². The molecule has 0 saturated heterocycles. The van der Waals surface area contributed by atoms with E-state index < -0.39 is 16.9 Å². The van der Waals surface area contributed by atoms with Crippen LogP contribution in [0.4, 0.5) is 0 Å². The third-order valence-electron chi connectivity index (χ3n) is 3.14. The first-order chi connectivity index (χ1) is 6.86. The van der Waals surface area contributed by atoms with Crippen LogP contribution >= 0.6 is 31.4 Å². The molecule has 0 spiro atoms. The summed E-state index contributed by atoms with van der Waals surface area (Å²) >= 11 is -1.02. The Kier molecular flexibility index (Phi) is 9.67. The van der Waals surface area contributed by atoms with Crippen molar-refractivity contribution in [2.24, 2.45) is 0 Å². The second-order valence-electron chi connectivity index (χ2n) is 4.28. The van der Waals surface area contributed by atoms with Crippen LogP contribution in [0.25, 0.3) is 0 Å². The van der Waals surface area contributed by atoms with Gasteiger partial charge in [0, 0.05) is 0 Å². The van der Waals surface area contributed by atoms with E-state index in [1.807, 2.05) is 0 Å². The molecule has 2 aliphatic carbocycles. The van der Waals surface area contributed by atoms with Crippen LogP contribution in [0, 0.1) is 0 Å². The summed E-state index contributed by atoms with van der Waals surface area (Å²) in [6.07, 6.45) is 15.6. The van der Waals surface area contributed by atoms with Crippen LogP contribution in [-0.4, -0.2) is 10.5 Å². The molecule has 4 heteroatoms. The summed E-state index contributed by atoms with van der Waals surface area (Å²) in [5, 5.41) is 0. The van der Waals surface area contributed by atoms with Crippen molar-refractivity contribution < 1.29 is 16.9 Å². The van der Waals surface area contributed by atoms with Crippen molar-refractivity contribution in [3.63, 3.8) is 0 Å². The molecule has 2 rings (SSSR count). The van der Waals surface area contributed by atoms with E-state index in [0.717, 1.165) is 5.66 Å². The quantitative estimate of drug-likeness (QED) is 0.525. The maximum atomic E-state index is 4.48. The van der Waals surface area contributed by atoms with Gasteiger partial charge in [0.1, 0.15) is 0 Å². The van der Waals surface area contributed by atoms with Crippen LogP contribution in [0.1, 0.15) is 38.5 Å². The minimum atomic E-state index is -1.02. The van der Waals surface area contributed by atoms with Crippen LogP contribution in [0.15, 0.2) is 22.1 Å². The van der Waals surface area contributed by atoms with Crippen molar-refractivity contribution in [2.75, 3.05) is 0 Å². The van der Waals surface area contributed by atoms with Gasteiger partial charge >= 0.3 is 94.6 Å². The van der Waals surface area contributed by atoms with Crippen molar-refractivity contribution in [3.05, 3.63) is 22.1 Å². The first-order valence-corrected chi connectivity index (χ1v) is 11.0. The van der Waals surface area contributed by atoms with E-state index in [1.165, 1.54) is 45.1 Å². The van der Waals surface area contributed by atoms with Gasteiger partial charge in [-0.3, -0.25) is 0 Å². The molecule has 2 aliphatic rings. The Hall–Kier alpha value is 1.07. The molecule has 0 aliphatic heterocycles. The fourth-order valence-electron chi connectivity index (χ4n) is 2.26. The molecule has 1 fully saturated rings. The van der Waals surface area contributed by atoms with Crippen LogP contribution in [-0.2, 0) is 16.9 Å². The zero-order valence-electron chi connectivity index (χ0n) is 9.58. The predicted molar refractivity (Wildman–Crippen MR) is 78.6 cm³/mol. The monoisotopic (exact) mass is 314 g/mol. The van der Waals surface area contributed by atoms with Crippen LogP contribution in [0.5, 0.6) is 0 Å². The summed E-state index contributed by atoms with van der Waals surface area (Å²) in [6.45, 7) is 1.24. The molecule has 0 N–H and O–H groups in total. The molecule has 0 amide bonds. The standard InChI is InChI=1S/C6H12P.C5H5.CH2.2ClH.Ti/c7-6-4-2-1-3-5-6;1-2-4-5-3-1;;;;/h6-7H,1-5H2;1-3H,4H2;1H2;2*1H;/q-1;;;;;+1. The number of rotatable bonds is 3. The van der Waals surface area contributed by atoms with Gasteiger partial charge in [-0.25, -0.2) is 0 Å². The molecule has 0 heterocycles. The number of halogens is 2. The summed E-state index contributed by atoms with van der Waals surface area (Å²) in [6, 6.07) is 0. The molecule has 16 heavy (non-hydrogen) atoms. The molecule has 1 unspecified atom stereocenters. The summed E-state index contributed by atoms with van der Waals surface area (Å²) in [5.74, 6) is 0. The van der Waals surface area contributed by atoms with Crippen LogP contribution in [0.3, 0.4) is 0 Å². The van der Waals surface area contributed by atoms with Gasteiger partial charge in [0.2, 0.25) is 0 Å². The number of allylic oxidation sites excluding steroid dienone is 4. The molecule has 0 bridgehead atoms. The Morgan fingerprint density at radius 3 is 2.44 bits per heavy atom. The Bertz CT molecular complexity index is 281. The van der Waals surface area contributed by atoms with E-state index in [-0.39, 0.29) is 24.8 Å². The normalized spacial score (nSPS) is 20.4. The van der Waals surface area contributed by atoms with E-state index in [2.05, 4.69) is 23.0 Å². The molecule has 1 atom stereocenters. The van der Waals surface area contributed by atoms with Crippen molar-refractivity contribution in [2.45, 2.75) is 44.2 Å². The SMILES string of the molecule is Cl.Cl.[CH2]=[Ti]([PH]C1CCCCC1)[C]1=CC=CC1. The van der Waals surface area contributed by atoms with Crippen molar-refractivity contribution in [1.29, 1.82) is 0 Å². The molecule has 0 aromatic heterocycles. The van der Waals surface area contributed by atoms with Gasteiger partial charge in [-0.05, 0) is 0 Å². The summed E-state index contributed by atoms with van der Waals surface area (Å²) < 4.78 is 1.73. The van der Waals surface area contributed by atoms with Gasteiger partial charge in [0.15, 0.2) is 0 Å². The molecular weight excluding hydrogens is 294 g/mol. The van der Waals surface area contributed by atoms with Gasteiger partial charge in [-0.15, -0.1) is 24.8 Å². The average molecular weight is 315 g/mol. The second-order valence-corrected chi connectivity index (χ2v) is 11.7. The third-order valence-corrected chi connectivity index (χ3v) is 11.1. The first kappa shape index (κ1) is 17.1. The molecule has 0 nitrogen and oxygen atoms in total. The Morgan fingerprint density at radius 2 is 1.88 bits per heavy atom. The predicted octanol–water partition coefficient (Wildman–Crippen LogP) is 4.65. The van der Waals surface area contributed by atoms with Crippen LogP contribution in [0.2, 0.25) is 0 Å². The second kappa shape index (κ2) is 9.06. The minimum absolute atomic E-state index is 0. The molecule has 0 aromatic carbocycles. The van der Waals surface area contributed by atoms with Crippen molar-refractivity contribution in [1.82, 2.24) is 0 Å². The van der Waals surface area contributed by atoms with Crippen LogP contribution < -0.4 is 0 Å². The topological polar surface area (TPSA) is 0 Å². The molecule has 1 saturated carbocycles. The fraction of sp³-hybridized carbons (Fsp3) is 0.583. The maximum absolute atomic E-state index is 4.48. The van der Waals surface area contributed by atoms with E-state index in [0.29, 0.717) is 0 Å². The fourth-order valence-corrected chi connectivity index (χ4v) is 9.96. The Morgan fingerprint density at radius 1 is 1.19 bits per heavy atom. The van der Waals surface area contributed by atoms with Crippen molar-refractivity contribution in [3.8, 4) is 0 Å². The zero-order chi connectivity index (χ0) is 9.80. The van der Waals surface area contributed by atoms with E-state index in [9.17, 15) is 0 Å². The molecule has 0 radical (unpaired) electrons.